The number of halogens is 1. The van der Waals surface area contributed by atoms with Crippen LogP contribution in [0.1, 0.15) is 49.2 Å². The van der Waals surface area contributed by atoms with Gasteiger partial charge in [0.25, 0.3) is 0 Å². The average Bonchev–Trinajstić information content (AvgIpc) is 2.90. The largest absolute Gasteiger partial charge is 0.480 e. The first-order valence-electron chi connectivity index (χ1n) is 8.59. The van der Waals surface area contributed by atoms with Crippen molar-refractivity contribution in [1.82, 2.24) is 4.57 Å². The molecular formula is C19H21ClN2O3S. The van der Waals surface area contributed by atoms with Gasteiger partial charge in [-0.05, 0) is 56.9 Å². The summed E-state index contributed by atoms with van der Waals surface area (Å²) in [7, 11) is 0. The lowest BCUT2D eigenvalue weighted by Gasteiger charge is -2.21. The second kappa shape index (κ2) is 7.76. The number of benzene rings is 1. The van der Waals surface area contributed by atoms with Gasteiger partial charge in [0.2, 0.25) is 0 Å². The van der Waals surface area contributed by atoms with E-state index >= 15 is 0 Å². The molecule has 0 saturated heterocycles. The smallest absolute Gasteiger partial charge is 0.326 e. The first kappa shape index (κ1) is 18.9. The topological polar surface area (TPSA) is 74.8 Å². The fraction of sp³-hybridized carbons (Fsp3) is 0.368. The lowest BCUT2D eigenvalue weighted by atomic mass is 9.95. The van der Waals surface area contributed by atoms with E-state index in [2.05, 4.69) is 5.16 Å². The van der Waals surface area contributed by atoms with Gasteiger partial charge in [-0.15, -0.1) is 0 Å². The first-order chi connectivity index (χ1) is 12.5. The van der Waals surface area contributed by atoms with Crippen LogP contribution in [0.4, 0.5) is 0 Å². The Bertz CT molecular complexity index is 859. The van der Waals surface area contributed by atoms with Gasteiger partial charge in [-0.2, -0.15) is 0 Å². The third kappa shape index (κ3) is 3.35. The maximum absolute atomic E-state index is 11.8. The number of aliphatic carboxylic acids is 1. The van der Waals surface area contributed by atoms with Crippen LogP contribution in [-0.2, 0) is 11.2 Å². The van der Waals surface area contributed by atoms with Crippen molar-refractivity contribution in [3.63, 3.8) is 0 Å². The molecule has 3 rings (SSSR count). The van der Waals surface area contributed by atoms with Gasteiger partial charge in [-0.25, -0.2) is 4.79 Å². The highest BCUT2D eigenvalue weighted by atomic mass is 35.5. The maximum Gasteiger partial charge on any atom is 0.326 e. The maximum atomic E-state index is 11.8. The number of rotatable bonds is 5. The van der Waals surface area contributed by atoms with Crippen LogP contribution < -0.4 is 0 Å². The van der Waals surface area contributed by atoms with Crippen LogP contribution in [0.15, 0.2) is 39.2 Å². The number of carboxylic acids is 1. The third-order valence-corrected chi connectivity index (χ3v) is 6.21. The number of fused-ring (bicyclic) bond motifs is 1. The van der Waals surface area contributed by atoms with Gasteiger partial charge in [0, 0.05) is 31.8 Å². The van der Waals surface area contributed by atoms with Crippen LogP contribution in [0, 0.1) is 6.92 Å². The molecular weight excluding hydrogens is 372 g/mol. The molecule has 2 N–H and O–H groups in total. The third-order valence-electron chi connectivity index (χ3n) is 4.75. The minimum Gasteiger partial charge on any atom is -0.480 e. The number of hydrogen-bond donors (Lipinski definition) is 2. The summed E-state index contributed by atoms with van der Waals surface area (Å²) in [4.78, 5) is 13.8. The van der Waals surface area contributed by atoms with Crippen molar-refractivity contribution in [2.24, 2.45) is 5.16 Å². The first-order valence-corrected chi connectivity index (χ1v) is 9.78. The minimum atomic E-state index is -0.843. The second-order valence-electron chi connectivity index (χ2n) is 6.32. The molecule has 1 aromatic carbocycles. The summed E-state index contributed by atoms with van der Waals surface area (Å²) in [5, 5.41) is 23.4. The number of hydrogen-bond acceptors (Lipinski definition) is 4. The summed E-state index contributed by atoms with van der Waals surface area (Å²) in [6, 6.07) is 6.90. The number of aromatic nitrogens is 1. The molecule has 0 spiro atoms. The Hall–Kier alpha value is -1.92. The van der Waals surface area contributed by atoms with E-state index in [4.69, 9.17) is 11.6 Å². The van der Waals surface area contributed by atoms with Crippen LogP contribution in [0.3, 0.4) is 0 Å². The molecule has 0 aliphatic heterocycles. The van der Waals surface area contributed by atoms with Gasteiger partial charge in [-0.3, -0.25) is 0 Å². The molecule has 0 amide bonds. The molecule has 1 unspecified atom stereocenters. The van der Waals surface area contributed by atoms with E-state index in [0.29, 0.717) is 23.6 Å². The van der Waals surface area contributed by atoms with Crippen molar-refractivity contribution in [1.29, 1.82) is 0 Å². The number of carbonyl (C=O) groups is 1. The van der Waals surface area contributed by atoms with Crippen LogP contribution >= 0.6 is 23.4 Å². The summed E-state index contributed by atoms with van der Waals surface area (Å²) < 4.78 is 1.92. The zero-order valence-corrected chi connectivity index (χ0v) is 16.3. The zero-order valence-electron chi connectivity index (χ0n) is 14.7. The average molecular weight is 393 g/mol. The Balaban J connectivity index is 2.18. The van der Waals surface area contributed by atoms with Crippen molar-refractivity contribution >= 4 is 35.0 Å². The molecule has 7 heteroatoms. The minimum absolute atomic E-state index is 0.494. The van der Waals surface area contributed by atoms with E-state index in [9.17, 15) is 15.1 Å². The van der Waals surface area contributed by atoms with Crippen LogP contribution in [0.2, 0.25) is 5.02 Å². The lowest BCUT2D eigenvalue weighted by molar-refractivity contribution is -0.141. The van der Waals surface area contributed by atoms with Crippen LogP contribution in [-0.4, -0.2) is 26.6 Å². The fourth-order valence-corrected chi connectivity index (χ4v) is 4.79. The van der Waals surface area contributed by atoms with Crippen molar-refractivity contribution < 1.29 is 15.1 Å². The Morgan fingerprint density at radius 1 is 1.35 bits per heavy atom. The van der Waals surface area contributed by atoms with Crippen molar-refractivity contribution in [2.45, 2.75) is 55.4 Å². The molecule has 1 atom stereocenters. The number of nitrogens with zero attached hydrogens (tertiary/aromatic N) is 2. The summed E-state index contributed by atoms with van der Waals surface area (Å²) in [5.74, 6) is -0.843. The Kier molecular flexibility index (Phi) is 5.63. The SMILES string of the molecule is CCC(C(=O)O)n1c(C)c(Sc2ccc(Cl)cc2)c2c1CCC/C2=N/O. The highest BCUT2D eigenvalue weighted by molar-refractivity contribution is 7.99. The molecule has 1 aliphatic carbocycles. The van der Waals surface area contributed by atoms with E-state index in [-0.39, 0.29) is 0 Å². The van der Waals surface area contributed by atoms with E-state index in [1.165, 1.54) is 0 Å². The predicted molar refractivity (Wildman–Crippen MR) is 103 cm³/mol. The Labute approximate surface area is 161 Å². The molecule has 1 aliphatic rings. The predicted octanol–water partition coefficient (Wildman–Crippen LogP) is 5.15. The van der Waals surface area contributed by atoms with Gasteiger partial charge < -0.3 is 14.9 Å². The normalized spacial score (nSPS) is 16.5. The highest BCUT2D eigenvalue weighted by Gasteiger charge is 2.32. The van der Waals surface area contributed by atoms with E-state index in [0.717, 1.165) is 39.6 Å². The zero-order chi connectivity index (χ0) is 18.8. The molecule has 0 radical (unpaired) electrons. The van der Waals surface area contributed by atoms with Gasteiger partial charge in [0.1, 0.15) is 6.04 Å². The molecule has 5 nitrogen and oxygen atoms in total. The standard InChI is InChI=1S/C19H21ClN2O3S/c1-3-15(19(23)24)22-11(2)18(26-13-9-7-12(20)8-10-13)17-14(21-25)5-4-6-16(17)22/h7-10,15,25H,3-6H2,1-2H3,(H,23,24)/b21-14-. The quantitative estimate of drug-likeness (QED) is 0.545. The van der Waals surface area contributed by atoms with Gasteiger partial charge in [0.15, 0.2) is 0 Å². The molecule has 138 valence electrons. The Morgan fingerprint density at radius 3 is 2.62 bits per heavy atom. The monoisotopic (exact) mass is 392 g/mol. The molecule has 0 fully saturated rings. The summed E-state index contributed by atoms with van der Waals surface area (Å²) >= 11 is 7.53. The molecule has 0 bridgehead atoms. The lowest BCUT2D eigenvalue weighted by Crippen LogP contribution is -2.23. The molecule has 2 aromatic rings. The number of carboxylic acid groups (broad SMARTS) is 1. The van der Waals surface area contributed by atoms with E-state index < -0.39 is 12.0 Å². The molecule has 26 heavy (non-hydrogen) atoms. The fourth-order valence-electron chi connectivity index (χ4n) is 3.57. The van der Waals surface area contributed by atoms with E-state index in [1.54, 1.807) is 11.8 Å². The summed E-state index contributed by atoms with van der Waals surface area (Å²) in [5.41, 5.74) is 3.36. The molecule has 1 heterocycles. The summed E-state index contributed by atoms with van der Waals surface area (Å²) in [6.45, 7) is 3.82. The summed E-state index contributed by atoms with van der Waals surface area (Å²) in [6.07, 6.45) is 2.80. The molecule has 0 saturated carbocycles. The van der Waals surface area contributed by atoms with Gasteiger partial charge >= 0.3 is 5.97 Å². The number of oxime groups is 1. The van der Waals surface area contributed by atoms with Gasteiger partial charge in [-0.1, -0.05) is 35.4 Å². The van der Waals surface area contributed by atoms with Crippen molar-refractivity contribution in [3.8, 4) is 0 Å². The second-order valence-corrected chi connectivity index (χ2v) is 7.84. The van der Waals surface area contributed by atoms with Crippen LogP contribution in [0.25, 0.3) is 0 Å². The van der Waals surface area contributed by atoms with E-state index in [1.807, 2.05) is 42.7 Å². The van der Waals surface area contributed by atoms with Crippen LogP contribution in [0.5, 0.6) is 0 Å². The van der Waals surface area contributed by atoms with Crippen molar-refractivity contribution in [2.75, 3.05) is 0 Å². The van der Waals surface area contributed by atoms with Crippen molar-refractivity contribution in [3.05, 3.63) is 46.2 Å². The van der Waals surface area contributed by atoms with Gasteiger partial charge in [0.05, 0.1) is 5.71 Å². The highest BCUT2D eigenvalue weighted by Crippen LogP contribution is 2.42. The molecule has 1 aromatic heterocycles. The Morgan fingerprint density at radius 2 is 2.04 bits per heavy atom.